The van der Waals surface area contributed by atoms with Crippen LogP contribution in [0, 0.1) is 0 Å². The van der Waals surface area contributed by atoms with Crippen molar-refractivity contribution in [3.8, 4) is 0 Å². The highest BCUT2D eigenvalue weighted by molar-refractivity contribution is 7.50. The fraction of sp³-hybridized carbons (Fsp3) is 1.00. The van der Waals surface area contributed by atoms with Gasteiger partial charge < -0.3 is 4.21 Å². The molecule has 1 saturated heterocycles. The summed E-state index contributed by atoms with van der Waals surface area (Å²) in [6.45, 7) is 8.72. The first kappa shape index (κ1) is 8.62. The molecule has 0 amide bonds. The van der Waals surface area contributed by atoms with E-state index in [0.717, 1.165) is 13.1 Å². The van der Waals surface area contributed by atoms with Crippen LogP contribution in [-0.2, 0) is 4.21 Å². The van der Waals surface area contributed by atoms with Gasteiger partial charge in [-0.25, -0.2) is 0 Å². The second kappa shape index (κ2) is 3.28. The van der Waals surface area contributed by atoms with Crippen LogP contribution in [0.1, 0.15) is 0 Å². The van der Waals surface area contributed by atoms with E-state index in [4.69, 9.17) is 4.21 Å². The van der Waals surface area contributed by atoms with Gasteiger partial charge in [-0.15, -0.1) is 0 Å². The van der Waals surface area contributed by atoms with Gasteiger partial charge in [0.15, 0.2) is 16.8 Å². The van der Waals surface area contributed by atoms with Crippen molar-refractivity contribution >= 4 is 16.8 Å². The molecule has 0 unspecified atom stereocenters. The SMILES string of the molecule is C[Si](C)(C)OP1NCCN1. The van der Waals surface area contributed by atoms with Gasteiger partial charge >= 0.3 is 0 Å². The van der Waals surface area contributed by atoms with E-state index in [9.17, 15) is 0 Å². The average Bonchev–Trinajstić information content (AvgIpc) is 2.12. The van der Waals surface area contributed by atoms with E-state index < -0.39 is 16.8 Å². The van der Waals surface area contributed by atoms with Crippen molar-refractivity contribution in [2.45, 2.75) is 19.6 Å². The highest BCUT2D eigenvalue weighted by Gasteiger charge is 2.23. The van der Waals surface area contributed by atoms with Crippen molar-refractivity contribution < 1.29 is 4.21 Å². The molecule has 0 atom stereocenters. The maximum atomic E-state index is 5.78. The Morgan fingerprint density at radius 2 is 1.70 bits per heavy atom. The van der Waals surface area contributed by atoms with E-state index in [1.54, 1.807) is 0 Å². The van der Waals surface area contributed by atoms with Crippen LogP contribution in [0.4, 0.5) is 0 Å². The summed E-state index contributed by atoms with van der Waals surface area (Å²) in [5.41, 5.74) is 0. The number of hydrogen-bond donors (Lipinski definition) is 2. The quantitative estimate of drug-likeness (QED) is 0.493. The van der Waals surface area contributed by atoms with Crippen LogP contribution >= 0.6 is 8.45 Å². The van der Waals surface area contributed by atoms with Gasteiger partial charge in [0.2, 0.25) is 0 Å². The van der Waals surface area contributed by atoms with E-state index in [2.05, 4.69) is 29.8 Å². The van der Waals surface area contributed by atoms with Crippen molar-refractivity contribution in [2.75, 3.05) is 13.1 Å². The second-order valence-corrected chi connectivity index (χ2v) is 9.49. The first-order valence-electron chi connectivity index (χ1n) is 3.54. The normalized spacial score (nSPS) is 21.9. The summed E-state index contributed by atoms with van der Waals surface area (Å²) in [6, 6.07) is 0. The third kappa shape index (κ3) is 3.08. The van der Waals surface area contributed by atoms with Crippen LogP contribution in [0.3, 0.4) is 0 Å². The molecular formula is C5H15N2OPSi. The lowest BCUT2D eigenvalue weighted by atomic mass is 10.7. The molecule has 1 aliphatic heterocycles. The molecule has 1 fully saturated rings. The Labute approximate surface area is 64.6 Å². The number of hydrogen-bond acceptors (Lipinski definition) is 3. The maximum absolute atomic E-state index is 5.78. The Morgan fingerprint density at radius 1 is 1.20 bits per heavy atom. The van der Waals surface area contributed by atoms with Gasteiger partial charge in [0.25, 0.3) is 0 Å². The third-order valence-electron chi connectivity index (χ3n) is 1.00. The summed E-state index contributed by atoms with van der Waals surface area (Å²) < 4.78 is 5.78. The molecule has 0 radical (unpaired) electrons. The van der Waals surface area contributed by atoms with Gasteiger partial charge in [-0.2, -0.15) is 0 Å². The molecule has 0 aromatic carbocycles. The van der Waals surface area contributed by atoms with Crippen LogP contribution in [0.5, 0.6) is 0 Å². The lowest BCUT2D eigenvalue weighted by Gasteiger charge is -2.21. The van der Waals surface area contributed by atoms with Crippen LogP contribution in [-0.4, -0.2) is 21.4 Å². The average molecular weight is 178 g/mol. The molecule has 10 heavy (non-hydrogen) atoms. The Balaban J connectivity index is 2.24. The fourth-order valence-electron chi connectivity index (χ4n) is 0.709. The van der Waals surface area contributed by atoms with Crippen LogP contribution in [0.25, 0.3) is 0 Å². The first-order chi connectivity index (χ1) is 4.58. The summed E-state index contributed by atoms with van der Waals surface area (Å²) >= 11 is 0. The number of nitrogens with one attached hydrogen (secondary N) is 2. The minimum atomic E-state index is -1.32. The smallest absolute Gasteiger partial charge is 0.191 e. The van der Waals surface area contributed by atoms with Gasteiger partial charge in [-0.05, 0) is 19.6 Å². The topological polar surface area (TPSA) is 33.3 Å². The van der Waals surface area contributed by atoms with Crippen molar-refractivity contribution in [1.82, 2.24) is 10.2 Å². The molecule has 0 aromatic heterocycles. The van der Waals surface area contributed by atoms with Crippen molar-refractivity contribution in [2.24, 2.45) is 0 Å². The molecule has 60 valence electrons. The minimum absolute atomic E-state index is 0.471. The van der Waals surface area contributed by atoms with Gasteiger partial charge in [-0.1, -0.05) is 0 Å². The minimum Gasteiger partial charge on any atom is -0.373 e. The largest absolute Gasteiger partial charge is 0.373 e. The zero-order chi connectivity index (χ0) is 7.61. The van der Waals surface area contributed by atoms with E-state index in [-0.39, 0.29) is 0 Å². The highest BCUT2D eigenvalue weighted by atomic mass is 31.2. The summed E-state index contributed by atoms with van der Waals surface area (Å²) in [5.74, 6) is 0. The molecule has 3 nitrogen and oxygen atoms in total. The van der Waals surface area contributed by atoms with Crippen molar-refractivity contribution in [3.63, 3.8) is 0 Å². The lowest BCUT2D eigenvalue weighted by Crippen LogP contribution is -2.26. The van der Waals surface area contributed by atoms with Gasteiger partial charge in [-0.3, -0.25) is 10.2 Å². The molecule has 0 bridgehead atoms. The molecule has 1 aliphatic rings. The standard InChI is InChI=1S/C5H15N2OPSi/c1-10(2,3)8-9-6-4-5-7-9/h6-7H,4-5H2,1-3H3. The molecule has 1 heterocycles. The van der Waals surface area contributed by atoms with Crippen molar-refractivity contribution in [3.05, 3.63) is 0 Å². The molecular weight excluding hydrogens is 163 g/mol. The maximum Gasteiger partial charge on any atom is 0.191 e. The van der Waals surface area contributed by atoms with E-state index >= 15 is 0 Å². The van der Waals surface area contributed by atoms with Crippen LogP contribution in [0.2, 0.25) is 19.6 Å². The van der Waals surface area contributed by atoms with E-state index in [1.165, 1.54) is 0 Å². The van der Waals surface area contributed by atoms with E-state index in [1.807, 2.05) is 0 Å². The molecule has 5 heteroatoms. The van der Waals surface area contributed by atoms with Crippen LogP contribution in [0.15, 0.2) is 0 Å². The third-order valence-corrected chi connectivity index (χ3v) is 4.94. The van der Waals surface area contributed by atoms with Crippen LogP contribution < -0.4 is 10.2 Å². The Bertz CT molecular complexity index is 111. The van der Waals surface area contributed by atoms with Crippen molar-refractivity contribution in [1.29, 1.82) is 0 Å². The zero-order valence-corrected chi connectivity index (χ0v) is 8.66. The monoisotopic (exact) mass is 178 g/mol. The predicted molar refractivity (Wildman–Crippen MR) is 47.4 cm³/mol. The molecule has 2 N–H and O–H groups in total. The Hall–Kier alpha value is 0.527. The molecule has 1 rings (SSSR count). The molecule has 0 spiro atoms. The van der Waals surface area contributed by atoms with E-state index in [0.29, 0.717) is 0 Å². The second-order valence-electron chi connectivity index (χ2n) is 3.31. The predicted octanol–water partition coefficient (Wildman–Crippen LogP) is 1.26. The summed E-state index contributed by atoms with van der Waals surface area (Å²) in [7, 11) is -1.79. The summed E-state index contributed by atoms with van der Waals surface area (Å²) in [6.07, 6.45) is 0. The summed E-state index contributed by atoms with van der Waals surface area (Å²) in [4.78, 5) is 0. The highest BCUT2D eigenvalue weighted by Crippen LogP contribution is 2.33. The lowest BCUT2D eigenvalue weighted by molar-refractivity contribution is 0.605. The summed E-state index contributed by atoms with van der Waals surface area (Å²) in [5, 5.41) is 6.56. The Morgan fingerprint density at radius 3 is 2.10 bits per heavy atom. The first-order valence-corrected chi connectivity index (χ1v) is 8.21. The Kier molecular flexibility index (Phi) is 2.83. The van der Waals surface area contributed by atoms with Gasteiger partial charge in [0.1, 0.15) is 0 Å². The van der Waals surface area contributed by atoms with Gasteiger partial charge in [0.05, 0.1) is 0 Å². The number of rotatable bonds is 2. The fourth-order valence-corrected chi connectivity index (χ4v) is 4.16. The molecule has 0 saturated carbocycles. The zero-order valence-electron chi connectivity index (χ0n) is 6.77. The molecule has 0 aliphatic carbocycles. The molecule has 0 aromatic rings. The van der Waals surface area contributed by atoms with Gasteiger partial charge in [0, 0.05) is 13.1 Å².